The minimum atomic E-state index is -0.974. The quantitative estimate of drug-likeness (QED) is 0.565. The molecule has 1 N–H and O–H groups in total. The van der Waals surface area contributed by atoms with Crippen LogP contribution in [-0.4, -0.2) is 42.8 Å². The molecule has 6 heteroatoms. The number of nitrogens with zero attached hydrogens (tertiary/aromatic N) is 1. The van der Waals surface area contributed by atoms with Crippen LogP contribution in [0.2, 0.25) is 0 Å². The zero-order chi connectivity index (χ0) is 18.4. The largest absolute Gasteiger partial charge is 0.493 e. The molecule has 0 aliphatic carbocycles. The van der Waals surface area contributed by atoms with Crippen molar-refractivity contribution in [2.45, 2.75) is 19.4 Å². The SMILES string of the molecule is COc1ccc(/C=C/C(=O)O)cc1OCCCN1CCc2sccc2C1. The van der Waals surface area contributed by atoms with E-state index < -0.39 is 5.97 Å². The van der Waals surface area contributed by atoms with E-state index in [9.17, 15) is 4.79 Å². The third-order valence-electron chi connectivity index (χ3n) is 4.37. The van der Waals surface area contributed by atoms with Gasteiger partial charge in [0.2, 0.25) is 0 Å². The summed E-state index contributed by atoms with van der Waals surface area (Å²) in [5.74, 6) is 0.316. The van der Waals surface area contributed by atoms with E-state index in [0.717, 1.165) is 44.1 Å². The second-order valence-corrected chi connectivity index (χ2v) is 7.18. The first-order valence-electron chi connectivity index (χ1n) is 8.65. The van der Waals surface area contributed by atoms with Crippen molar-refractivity contribution < 1.29 is 19.4 Å². The Labute approximate surface area is 157 Å². The number of thiophene rings is 1. The molecule has 3 rings (SSSR count). The smallest absolute Gasteiger partial charge is 0.328 e. The van der Waals surface area contributed by atoms with Gasteiger partial charge in [0.15, 0.2) is 11.5 Å². The predicted molar refractivity (Wildman–Crippen MR) is 103 cm³/mol. The van der Waals surface area contributed by atoms with Crippen molar-refractivity contribution in [1.82, 2.24) is 4.90 Å². The van der Waals surface area contributed by atoms with Crippen molar-refractivity contribution in [3.05, 3.63) is 51.7 Å². The number of benzene rings is 1. The molecular weight excluding hydrogens is 350 g/mol. The molecule has 2 aromatic rings. The number of hydrogen-bond acceptors (Lipinski definition) is 5. The Morgan fingerprint density at radius 2 is 2.23 bits per heavy atom. The summed E-state index contributed by atoms with van der Waals surface area (Å²) in [7, 11) is 1.60. The normalized spacial score (nSPS) is 14.3. The first-order chi connectivity index (χ1) is 12.7. The Balaban J connectivity index is 1.51. The molecule has 26 heavy (non-hydrogen) atoms. The molecule has 0 saturated heterocycles. The number of methoxy groups -OCH3 is 1. The number of carboxylic acid groups (broad SMARTS) is 1. The van der Waals surface area contributed by atoms with Crippen molar-refractivity contribution >= 4 is 23.4 Å². The van der Waals surface area contributed by atoms with Gasteiger partial charge in [-0.1, -0.05) is 6.07 Å². The van der Waals surface area contributed by atoms with Crippen molar-refractivity contribution in [1.29, 1.82) is 0 Å². The van der Waals surface area contributed by atoms with Gasteiger partial charge in [-0.15, -0.1) is 11.3 Å². The Bertz CT molecular complexity index is 784. The van der Waals surface area contributed by atoms with E-state index in [2.05, 4.69) is 16.3 Å². The summed E-state index contributed by atoms with van der Waals surface area (Å²) in [4.78, 5) is 14.6. The molecule has 0 radical (unpaired) electrons. The van der Waals surface area contributed by atoms with Crippen LogP contribution in [-0.2, 0) is 17.8 Å². The molecule has 138 valence electrons. The van der Waals surface area contributed by atoms with Gasteiger partial charge in [0.1, 0.15) is 0 Å². The van der Waals surface area contributed by atoms with E-state index in [0.29, 0.717) is 18.1 Å². The van der Waals surface area contributed by atoms with Gasteiger partial charge in [-0.25, -0.2) is 4.79 Å². The molecule has 0 atom stereocenters. The van der Waals surface area contributed by atoms with Crippen LogP contribution in [0.4, 0.5) is 0 Å². The van der Waals surface area contributed by atoms with Crippen LogP contribution in [0.1, 0.15) is 22.4 Å². The van der Waals surface area contributed by atoms with E-state index in [-0.39, 0.29) is 0 Å². The van der Waals surface area contributed by atoms with Gasteiger partial charge >= 0.3 is 5.97 Å². The molecule has 1 aromatic carbocycles. The summed E-state index contributed by atoms with van der Waals surface area (Å²) in [5, 5.41) is 10.9. The second kappa shape index (κ2) is 8.87. The third kappa shape index (κ3) is 4.86. The third-order valence-corrected chi connectivity index (χ3v) is 5.39. The summed E-state index contributed by atoms with van der Waals surface area (Å²) in [6.45, 7) is 3.72. The number of aliphatic carboxylic acids is 1. The fourth-order valence-corrected chi connectivity index (χ4v) is 3.93. The van der Waals surface area contributed by atoms with Crippen molar-refractivity contribution in [2.24, 2.45) is 0 Å². The highest BCUT2D eigenvalue weighted by Gasteiger charge is 2.16. The average molecular weight is 373 g/mol. The Morgan fingerprint density at radius 1 is 1.35 bits per heavy atom. The Kier molecular flexibility index (Phi) is 6.30. The zero-order valence-electron chi connectivity index (χ0n) is 14.8. The standard InChI is InChI=1S/C20H23NO4S/c1-24-17-5-3-15(4-6-20(22)23)13-18(17)25-11-2-9-21-10-7-19-16(14-21)8-12-26-19/h3-6,8,12-13H,2,7,9-11,14H2,1H3,(H,22,23)/b6-4+. The van der Waals surface area contributed by atoms with E-state index >= 15 is 0 Å². The first kappa shape index (κ1) is 18.5. The highest BCUT2D eigenvalue weighted by molar-refractivity contribution is 7.10. The lowest BCUT2D eigenvalue weighted by Gasteiger charge is -2.26. The molecule has 1 aliphatic rings. The van der Waals surface area contributed by atoms with Crippen molar-refractivity contribution in [2.75, 3.05) is 26.8 Å². The zero-order valence-corrected chi connectivity index (χ0v) is 15.6. The summed E-state index contributed by atoms with van der Waals surface area (Å²) in [6.07, 6.45) is 4.72. The first-order valence-corrected chi connectivity index (χ1v) is 9.53. The minimum absolute atomic E-state index is 0.593. The molecule has 0 saturated carbocycles. The van der Waals surface area contributed by atoms with Gasteiger partial charge in [0, 0.05) is 30.6 Å². The van der Waals surface area contributed by atoms with E-state index in [1.54, 1.807) is 31.4 Å². The van der Waals surface area contributed by atoms with E-state index in [1.165, 1.54) is 10.4 Å². The van der Waals surface area contributed by atoms with Gasteiger partial charge in [0.05, 0.1) is 13.7 Å². The van der Waals surface area contributed by atoms with Gasteiger partial charge < -0.3 is 14.6 Å². The van der Waals surface area contributed by atoms with Gasteiger partial charge in [-0.05, 0) is 53.6 Å². The van der Waals surface area contributed by atoms with Crippen molar-refractivity contribution in [3.63, 3.8) is 0 Å². The topological polar surface area (TPSA) is 59.0 Å². The van der Waals surface area contributed by atoms with E-state index in [1.807, 2.05) is 11.3 Å². The fraction of sp³-hybridized carbons (Fsp3) is 0.350. The summed E-state index contributed by atoms with van der Waals surface area (Å²) in [6, 6.07) is 7.62. The second-order valence-electron chi connectivity index (χ2n) is 6.18. The lowest BCUT2D eigenvalue weighted by Crippen LogP contribution is -2.31. The molecule has 0 unspecified atom stereocenters. The highest BCUT2D eigenvalue weighted by atomic mass is 32.1. The lowest BCUT2D eigenvalue weighted by molar-refractivity contribution is -0.131. The number of carbonyl (C=O) groups is 1. The monoisotopic (exact) mass is 373 g/mol. The molecule has 1 aliphatic heterocycles. The lowest BCUT2D eigenvalue weighted by atomic mass is 10.1. The van der Waals surface area contributed by atoms with Crippen molar-refractivity contribution in [3.8, 4) is 11.5 Å². The molecule has 5 nitrogen and oxygen atoms in total. The van der Waals surface area contributed by atoms with Crippen LogP contribution in [0, 0.1) is 0 Å². The Morgan fingerprint density at radius 3 is 3.04 bits per heavy atom. The number of fused-ring (bicyclic) bond motifs is 1. The van der Waals surface area contributed by atoms with Crippen LogP contribution in [0.25, 0.3) is 6.08 Å². The molecule has 1 aromatic heterocycles. The predicted octanol–water partition coefficient (Wildman–Crippen LogP) is 3.68. The maximum Gasteiger partial charge on any atom is 0.328 e. The van der Waals surface area contributed by atoms with Crippen LogP contribution >= 0.6 is 11.3 Å². The minimum Gasteiger partial charge on any atom is -0.493 e. The van der Waals surface area contributed by atoms with Crippen LogP contribution < -0.4 is 9.47 Å². The van der Waals surface area contributed by atoms with Gasteiger partial charge in [-0.2, -0.15) is 0 Å². The number of ether oxygens (including phenoxy) is 2. The molecule has 0 fully saturated rings. The van der Waals surface area contributed by atoms with E-state index in [4.69, 9.17) is 14.6 Å². The molecule has 2 heterocycles. The fourth-order valence-electron chi connectivity index (χ4n) is 3.05. The molecular formula is C20H23NO4S. The van der Waals surface area contributed by atoms with Crippen LogP contribution in [0.5, 0.6) is 11.5 Å². The summed E-state index contributed by atoms with van der Waals surface area (Å²) < 4.78 is 11.2. The maximum atomic E-state index is 10.7. The number of rotatable bonds is 8. The van der Waals surface area contributed by atoms with Crippen LogP contribution in [0.15, 0.2) is 35.7 Å². The summed E-state index contributed by atoms with van der Waals surface area (Å²) in [5.41, 5.74) is 2.23. The highest BCUT2D eigenvalue weighted by Crippen LogP contribution is 2.29. The average Bonchev–Trinajstić information content (AvgIpc) is 3.11. The van der Waals surface area contributed by atoms with Gasteiger partial charge in [-0.3, -0.25) is 4.90 Å². The number of carboxylic acids is 1. The molecule has 0 spiro atoms. The summed E-state index contributed by atoms with van der Waals surface area (Å²) >= 11 is 1.86. The van der Waals surface area contributed by atoms with Crippen LogP contribution in [0.3, 0.4) is 0 Å². The maximum absolute atomic E-state index is 10.7. The molecule has 0 amide bonds. The molecule has 0 bridgehead atoms. The van der Waals surface area contributed by atoms with Gasteiger partial charge in [0.25, 0.3) is 0 Å². The Hall–Kier alpha value is -2.31. The number of hydrogen-bond donors (Lipinski definition) is 1.